The molecule has 0 bridgehead atoms. The average Bonchev–Trinajstić information content (AvgIpc) is 3.04. The summed E-state index contributed by atoms with van der Waals surface area (Å²) in [6, 6.07) is 4.33. The van der Waals surface area contributed by atoms with Gasteiger partial charge in [0.2, 0.25) is 5.91 Å². The van der Waals surface area contributed by atoms with E-state index in [1.54, 1.807) is 39.0 Å². The van der Waals surface area contributed by atoms with Gasteiger partial charge in [0.25, 0.3) is 5.91 Å². The summed E-state index contributed by atoms with van der Waals surface area (Å²) < 4.78 is 16.5. The molecular weight excluding hydrogens is 428 g/mol. The number of amides is 2. The van der Waals surface area contributed by atoms with E-state index in [0.717, 1.165) is 24.8 Å². The van der Waals surface area contributed by atoms with Crippen molar-refractivity contribution in [3.05, 3.63) is 29.3 Å². The number of hydrogen-bond donors (Lipinski definition) is 2. The van der Waals surface area contributed by atoms with Gasteiger partial charge in [-0.1, -0.05) is 6.07 Å². The molecule has 2 rings (SSSR count). The van der Waals surface area contributed by atoms with E-state index in [-0.39, 0.29) is 31.9 Å². The molecule has 0 saturated carbocycles. The maximum atomic E-state index is 13.0. The summed E-state index contributed by atoms with van der Waals surface area (Å²) in [5.74, 6) is -0.877. The monoisotopic (exact) mass is 464 g/mol. The van der Waals surface area contributed by atoms with Crippen molar-refractivity contribution in [3.8, 4) is 5.75 Å². The number of aliphatic hydroxyl groups is 1. The lowest BCUT2D eigenvalue weighted by Crippen LogP contribution is -2.45. The number of benzene rings is 1. The zero-order valence-corrected chi connectivity index (χ0v) is 19.8. The number of carbonyl (C=O) groups is 3. The molecule has 1 aromatic carbocycles. The third-order valence-corrected chi connectivity index (χ3v) is 5.10. The van der Waals surface area contributed by atoms with Crippen molar-refractivity contribution in [1.29, 1.82) is 0 Å². The summed E-state index contributed by atoms with van der Waals surface area (Å²) in [6.45, 7) is 7.11. The fraction of sp³-hybridized carbons (Fsp3) is 0.625. The van der Waals surface area contributed by atoms with Gasteiger partial charge < -0.3 is 30.0 Å². The highest BCUT2D eigenvalue weighted by Gasteiger charge is 2.36. The summed E-state index contributed by atoms with van der Waals surface area (Å²) in [4.78, 5) is 38.5. The highest BCUT2D eigenvalue weighted by atomic mass is 16.6. The fourth-order valence-electron chi connectivity index (χ4n) is 3.56. The Morgan fingerprint density at radius 2 is 1.91 bits per heavy atom. The van der Waals surface area contributed by atoms with Crippen LogP contribution in [0.15, 0.2) is 18.2 Å². The van der Waals surface area contributed by atoms with Gasteiger partial charge in [0.15, 0.2) is 0 Å². The number of esters is 1. The molecule has 1 heterocycles. The molecule has 1 aliphatic rings. The molecule has 0 spiro atoms. The number of ether oxygens (including phenoxy) is 3. The van der Waals surface area contributed by atoms with E-state index < -0.39 is 23.5 Å². The van der Waals surface area contributed by atoms with Gasteiger partial charge in [-0.05, 0) is 64.2 Å². The number of primary amides is 1. The van der Waals surface area contributed by atoms with Gasteiger partial charge >= 0.3 is 5.97 Å². The van der Waals surface area contributed by atoms with Gasteiger partial charge in [0.05, 0.1) is 6.61 Å². The lowest BCUT2D eigenvalue weighted by atomic mass is 10.1. The standard InChI is InChI=1S/C24H36N2O7/c1-24(2,3)33-21(28)10-9-20(22(25)29)26-16-17-7-8-18(15-19(17)23(26)30)32-14-13-31-12-6-4-5-11-27/h7-8,15,20,27H,4-6,9-14,16H2,1-3H3,(H2,25,29). The van der Waals surface area contributed by atoms with Crippen LogP contribution in [-0.2, 0) is 25.6 Å². The molecule has 0 aliphatic carbocycles. The summed E-state index contributed by atoms with van der Waals surface area (Å²) in [6.07, 6.45) is 2.67. The topological polar surface area (TPSA) is 128 Å². The second-order valence-electron chi connectivity index (χ2n) is 9.04. The summed E-state index contributed by atoms with van der Waals surface area (Å²) >= 11 is 0. The molecule has 1 aromatic rings. The average molecular weight is 465 g/mol. The van der Waals surface area contributed by atoms with Crippen LogP contribution in [0.25, 0.3) is 0 Å². The number of carbonyl (C=O) groups excluding carboxylic acids is 3. The molecule has 0 fully saturated rings. The number of aliphatic hydroxyl groups excluding tert-OH is 1. The predicted molar refractivity (Wildman–Crippen MR) is 122 cm³/mol. The van der Waals surface area contributed by atoms with Crippen LogP contribution in [0.4, 0.5) is 0 Å². The van der Waals surface area contributed by atoms with Crippen LogP contribution in [0.2, 0.25) is 0 Å². The van der Waals surface area contributed by atoms with Crippen molar-refractivity contribution in [1.82, 2.24) is 4.90 Å². The molecule has 1 atom stereocenters. The van der Waals surface area contributed by atoms with Gasteiger partial charge in [0.1, 0.15) is 24.0 Å². The molecule has 0 saturated heterocycles. The van der Waals surface area contributed by atoms with Gasteiger partial charge in [-0.15, -0.1) is 0 Å². The van der Waals surface area contributed by atoms with Crippen LogP contribution < -0.4 is 10.5 Å². The van der Waals surface area contributed by atoms with Crippen molar-refractivity contribution in [3.63, 3.8) is 0 Å². The molecule has 33 heavy (non-hydrogen) atoms. The Labute approximate surface area is 195 Å². The maximum absolute atomic E-state index is 13.0. The largest absolute Gasteiger partial charge is 0.491 e. The second kappa shape index (κ2) is 12.6. The molecule has 0 radical (unpaired) electrons. The smallest absolute Gasteiger partial charge is 0.306 e. The highest BCUT2D eigenvalue weighted by molar-refractivity contribution is 6.01. The first-order chi connectivity index (χ1) is 15.6. The first-order valence-electron chi connectivity index (χ1n) is 11.4. The van der Waals surface area contributed by atoms with Crippen LogP contribution in [0.3, 0.4) is 0 Å². The lowest BCUT2D eigenvalue weighted by Gasteiger charge is -2.25. The van der Waals surface area contributed by atoms with Crippen LogP contribution in [-0.4, -0.2) is 65.9 Å². The normalized spacial score (nSPS) is 14.2. The van der Waals surface area contributed by atoms with E-state index in [1.807, 2.05) is 0 Å². The van der Waals surface area contributed by atoms with E-state index in [9.17, 15) is 14.4 Å². The number of unbranched alkanes of at least 4 members (excludes halogenated alkanes) is 2. The van der Waals surface area contributed by atoms with Crippen molar-refractivity contribution in [2.45, 2.75) is 71.1 Å². The third-order valence-electron chi connectivity index (χ3n) is 5.10. The molecule has 9 nitrogen and oxygen atoms in total. The van der Waals surface area contributed by atoms with Crippen molar-refractivity contribution in [2.24, 2.45) is 5.73 Å². The van der Waals surface area contributed by atoms with Gasteiger partial charge in [0, 0.05) is 31.7 Å². The Morgan fingerprint density at radius 1 is 1.15 bits per heavy atom. The quantitative estimate of drug-likeness (QED) is 0.319. The fourth-order valence-corrected chi connectivity index (χ4v) is 3.56. The Hall–Kier alpha value is -2.65. The van der Waals surface area contributed by atoms with Crippen LogP contribution in [0.1, 0.15) is 68.8 Å². The zero-order chi connectivity index (χ0) is 24.4. The van der Waals surface area contributed by atoms with Crippen LogP contribution in [0.5, 0.6) is 5.75 Å². The van der Waals surface area contributed by atoms with Crippen LogP contribution >= 0.6 is 0 Å². The van der Waals surface area contributed by atoms with E-state index in [1.165, 1.54) is 4.90 Å². The predicted octanol–water partition coefficient (Wildman–Crippen LogP) is 2.18. The van der Waals surface area contributed by atoms with Gasteiger partial charge in [-0.3, -0.25) is 14.4 Å². The number of hydrogen-bond acceptors (Lipinski definition) is 7. The van der Waals surface area contributed by atoms with E-state index in [0.29, 0.717) is 31.1 Å². The lowest BCUT2D eigenvalue weighted by molar-refractivity contribution is -0.155. The Morgan fingerprint density at radius 3 is 2.58 bits per heavy atom. The van der Waals surface area contributed by atoms with Crippen LogP contribution in [0, 0.1) is 0 Å². The molecular formula is C24H36N2O7. The number of rotatable bonds is 14. The minimum Gasteiger partial charge on any atom is -0.491 e. The molecule has 3 N–H and O–H groups in total. The summed E-state index contributed by atoms with van der Waals surface area (Å²) in [5, 5.41) is 8.75. The van der Waals surface area contributed by atoms with E-state index >= 15 is 0 Å². The van der Waals surface area contributed by atoms with Crippen molar-refractivity contribution < 1.29 is 33.7 Å². The Balaban J connectivity index is 1.88. The van der Waals surface area contributed by atoms with E-state index in [4.69, 9.17) is 25.1 Å². The van der Waals surface area contributed by atoms with Crippen molar-refractivity contribution in [2.75, 3.05) is 26.4 Å². The Bertz CT molecular complexity index is 820. The molecule has 1 unspecified atom stereocenters. The first-order valence-corrected chi connectivity index (χ1v) is 11.4. The number of nitrogens with zero attached hydrogens (tertiary/aromatic N) is 1. The highest BCUT2D eigenvalue weighted by Crippen LogP contribution is 2.29. The maximum Gasteiger partial charge on any atom is 0.306 e. The zero-order valence-electron chi connectivity index (χ0n) is 19.8. The minimum absolute atomic E-state index is 0.0145. The first kappa shape index (κ1) is 26.6. The molecule has 2 amide bonds. The second-order valence-corrected chi connectivity index (χ2v) is 9.04. The molecule has 1 aliphatic heterocycles. The Kier molecular flexibility index (Phi) is 10.1. The van der Waals surface area contributed by atoms with Gasteiger partial charge in [-0.2, -0.15) is 0 Å². The minimum atomic E-state index is -0.902. The van der Waals surface area contributed by atoms with E-state index in [2.05, 4.69) is 0 Å². The SMILES string of the molecule is CC(C)(C)OC(=O)CCC(C(N)=O)N1Cc2ccc(OCCOCCCCCO)cc2C1=O. The summed E-state index contributed by atoms with van der Waals surface area (Å²) in [7, 11) is 0. The summed E-state index contributed by atoms with van der Waals surface area (Å²) in [5.41, 5.74) is 6.16. The molecule has 184 valence electrons. The number of nitrogens with two attached hydrogens (primary N) is 1. The van der Waals surface area contributed by atoms with Crippen molar-refractivity contribution >= 4 is 17.8 Å². The molecule has 0 aromatic heterocycles. The third kappa shape index (κ3) is 8.66. The van der Waals surface area contributed by atoms with Gasteiger partial charge in [-0.25, -0.2) is 0 Å². The number of fused-ring (bicyclic) bond motifs is 1. The molecule has 9 heteroatoms.